The van der Waals surface area contributed by atoms with E-state index in [-0.39, 0.29) is 5.91 Å². The number of carbonyl (C=O) groups is 1. The summed E-state index contributed by atoms with van der Waals surface area (Å²) in [6.45, 7) is 2.39. The predicted molar refractivity (Wildman–Crippen MR) is 114 cm³/mol. The fourth-order valence-corrected chi connectivity index (χ4v) is 4.30. The maximum absolute atomic E-state index is 13.5. The molecule has 0 atom stereocenters. The predicted octanol–water partition coefficient (Wildman–Crippen LogP) is 4.17. The quantitative estimate of drug-likeness (QED) is 0.634. The van der Waals surface area contributed by atoms with Crippen molar-refractivity contribution in [2.24, 2.45) is 0 Å². The molecule has 3 heterocycles. The molecule has 5 rings (SSSR count). The topological polar surface area (TPSA) is 56.6 Å². The van der Waals surface area contributed by atoms with Crippen molar-refractivity contribution in [1.29, 1.82) is 0 Å². The molecular weight excluding hydrogens is 402 g/mol. The van der Waals surface area contributed by atoms with Crippen molar-refractivity contribution in [3.05, 3.63) is 71.4 Å². The number of para-hydroxylation sites is 1. The summed E-state index contributed by atoms with van der Waals surface area (Å²) in [6.07, 6.45) is 1.34. The fraction of sp³-hybridized carbons (Fsp3) is 0.304. The number of carbonyl (C=O) groups excluding carboxylic acids is 1. The van der Waals surface area contributed by atoms with Crippen LogP contribution >= 0.6 is 11.6 Å². The van der Waals surface area contributed by atoms with Crippen molar-refractivity contribution in [2.75, 3.05) is 26.3 Å². The van der Waals surface area contributed by atoms with Gasteiger partial charge in [-0.2, -0.15) is 5.10 Å². The highest BCUT2D eigenvalue weighted by molar-refractivity contribution is 6.32. The number of hydrogen-bond acceptors (Lipinski definition) is 4. The minimum Gasteiger partial charge on any atom is -0.347 e. The van der Waals surface area contributed by atoms with Crippen LogP contribution in [0.3, 0.4) is 0 Å². The van der Waals surface area contributed by atoms with Gasteiger partial charge in [0.1, 0.15) is 5.69 Å². The van der Waals surface area contributed by atoms with Gasteiger partial charge >= 0.3 is 0 Å². The van der Waals surface area contributed by atoms with E-state index in [4.69, 9.17) is 26.2 Å². The van der Waals surface area contributed by atoms with E-state index >= 15 is 0 Å². The lowest BCUT2D eigenvalue weighted by Crippen LogP contribution is -2.47. The molecule has 7 heteroatoms. The second-order valence-corrected chi connectivity index (χ2v) is 7.95. The summed E-state index contributed by atoms with van der Waals surface area (Å²) in [7, 11) is 0. The van der Waals surface area contributed by atoms with Crippen LogP contribution in [0.4, 0.5) is 0 Å². The molecule has 3 aromatic rings. The highest BCUT2D eigenvalue weighted by atomic mass is 35.5. The van der Waals surface area contributed by atoms with Crippen molar-refractivity contribution < 1.29 is 14.3 Å². The molecule has 2 aliphatic rings. The Labute approximate surface area is 180 Å². The Balaban J connectivity index is 1.49. The number of ether oxygens (including phenoxy) is 2. The third-order valence-electron chi connectivity index (χ3n) is 5.70. The highest BCUT2D eigenvalue weighted by Gasteiger charge is 2.41. The number of piperidine rings is 1. The van der Waals surface area contributed by atoms with Crippen LogP contribution in [0.25, 0.3) is 16.9 Å². The lowest BCUT2D eigenvalue weighted by Gasteiger charge is -2.37. The van der Waals surface area contributed by atoms with E-state index in [1.54, 1.807) is 10.7 Å². The van der Waals surface area contributed by atoms with Gasteiger partial charge in [0.15, 0.2) is 5.79 Å². The number of likely N-dealkylation sites (tertiary alicyclic amines) is 1. The van der Waals surface area contributed by atoms with Crippen molar-refractivity contribution in [2.45, 2.75) is 18.6 Å². The maximum Gasteiger partial charge on any atom is 0.272 e. The Morgan fingerprint density at radius 1 is 0.967 bits per heavy atom. The van der Waals surface area contributed by atoms with Crippen LogP contribution in [0.1, 0.15) is 23.3 Å². The number of amides is 1. The maximum atomic E-state index is 13.5. The molecular formula is C23H22ClN3O3. The summed E-state index contributed by atoms with van der Waals surface area (Å²) >= 11 is 6.44. The number of rotatable bonds is 3. The Kier molecular flexibility index (Phi) is 5.06. The molecule has 2 aromatic carbocycles. The number of aromatic nitrogens is 2. The molecule has 1 aromatic heterocycles. The molecule has 0 saturated carbocycles. The molecule has 0 bridgehead atoms. The largest absolute Gasteiger partial charge is 0.347 e. The zero-order chi connectivity index (χ0) is 20.6. The van der Waals surface area contributed by atoms with Crippen LogP contribution in [-0.4, -0.2) is 52.7 Å². The summed E-state index contributed by atoms with van der Waals surface area (Å²) in [5, 5.41) is 5.28. The number of hydrogen-bond donors (Lipinski definition) is 0. The SMILES string of the molecule is O=C(c1cc(-c2ccccc2)nn1-c1ccccc1Cl)N1CCC2(CC1)OCCO2. The molecule has 1 amide bonds. The van der Waals surface area contributed by atoms with Crippen LogP contribution in [0.15, 0.2) is 60.7 Å². The fourth-order valence-electron chi connectivity index (χ4n) is 4.09. The first-order chi connectivity index (χ1) is 14.7. The summed E-state index contributed by atoms with van der Waals surface area (Å²) in [5.41, 5.74) is 2.85. The average molecular weight is 424 g/mol. The Morgan fingerprint density at radius 2 is 1.63 bits per heavy atom. The van der Waals surface area contributed by atoms with E-state index in [9.17, 15) is 4.79 Å². The molecule has 6 nitrogen and oxygen atoms in total. The van der Waals surface area contributed by atoms with Gasteiger partial charge in [-0.1, -0.05) is 54.1 Å². The van der Waals surface area contributed by atoms with E-state index in [1.165, 1.54) is 0 Å². The Hall–Kier alpha value is -2.67. The third-order valence-corrected chi connectivity index (χ3v) is 6.02. The normalized spacial score (nSPS) is 18.1. The molecule has 2 fully saturated rings. The average Bonchev–Trinajstić information content (AvgIpc) is 3.43. The van der Waals surface area contributed by atoms with Crippen LogP contribution in [0.2, 0.25) is 5.02 Å². The highest BCUT2D eigenvalue weighted by Crippen LogP contribution is 2.33. The van der Waals surface area contributed by atoms with E-state index in [2.05, 4.69) is 0 Å². The van der Waals surface area contributed by atoms with Gasteiger partial charge in [-0.15, -0.1) is 0 Å². The first kappa shape index (κ1) is 19.3. The molecule has 0 N–H and O–H groups in total. The van der Waals surface area contributed by atoms with Crippen molar-refractivity contribution in [3.63, 3.8) is 0 Å². The Morgan fingerprint density at radius 3 is 2.33 bits per heavy atom. The molecule has 154 valence electrons. The van der Waals surface area contributed by atoms with Crippen molar-refractivity contribution in [1.82, 2.24) is 14.7 Å². The van der Waals surface area contributed by atoms with Gasteiger partial charge in [0.25, 0.3) is 5.91 Å². The number of halogens is 1. The second kappa shape index (κ2) is 7.87. The van der Waals surface area contributed by atoms with Crippen molar-refractivity contribution in [3.8, 4) is 16.9 Å². The van der Waals surface area contributed by atoms with E-state index in [0.717, 1.165) is 11.3 Å². The van der Waals surface area contributed by atoms with Crippen LogP contribution in [0.5, 0.6) is 0 Å². The zero-order valence-corrected chi connectivity index (χ0v) is 17.2. The van der Waals surface area contributed by atoms with Crippen LogP contribution in [0, 0.1) is 0 Å². The molecule has 0 aliphatic carbocycles. The minimum atomic E-state index is -0.519. The minimum absolute atomic E-state index is 0.0718. The van der Waals surface area contributed by atoms with E-state index < -0.39 is 5.79 Å². The van der Waals surface area contributed by atoms with Crippen molar-refractivity contribution >= 4 is 17.5 Å². The third kappa shape index (κ3) is 3.51. The van der Waals surface area contributed by atoms with Gasteiger partial charge in [-0.25, -0.2) is 4.68 Å². The van der Waals surface area contributed by atoms with E-state index in [1.807, 2.05) is 59.5 Å². The summed E-state index contributed by atoms with van der Waals surface area (Å²) < 4.78 is 13.2. The number of nitrogens with zero attached hydrogens (tertiary/aromatic N) is 3. The van der Waals surface area contributed by atoms with Gasteiger partial charge in [-0.05, 0) is 18.2 Å². The number of benzene rings is 2. The van der Waals surface area contributed by atoms with Gasteiger partial charge in [-0.3, -0.25) is 4.79 Å². The molecule has 0 unspecified atom stereocenters. The summed E-state index contributed by atoms with van der Waals surface area (Å²) in [5.74, 6) is -0.591. The standard InChI is InChI=1S/C23H22ClN3O3/c24-18-8-4-5-9-20(18)27-21(16-19(25-27)17-6-2-1-3-7-17)22(28)26-12-10-23(11-13-26)29-14-15-30-23/h1-9,16H,10-15H2. The van der Waals surface area contributed by atoms with Gasteiger partial charge in [0.2, 0.25) is 0 Å². The summed E-state index contributed by atoms with van der Waals surface area (Å²) in [6, 6.07) is 19.1. The van der Waals surface area contributed by atoms with Crippen LogP contribution in [-0.2, 0) is 9.47 Å². The monoisotopic (exact) mass is 423 g/mol. The van der Waals surface area contributed by atoms with Gasteiger partial charge < -0.3 is 14.4 Å². The van der Waals surface area contributed by atoms with Gasteiger partial charge in [0, 0.05) is 31.5 Å². The molecule has 30 heavy (non-hydrogen) atoms. The van der Waals surface area contributed by atoms with Gasteiger partial charge in [0.05, 0.1) is 29.6 Å². The molecule has 1 spiro atoms. The molecule has 2 aliphatic heterocycles. The lowest BCUT2D eigenvalue weighted by molar-refractivity contribution is -0.181. The van der Waals surface area contributed by atoms with Crippen LogP contribution < -0.4 is 0 Å². The first-order valence-electron chi connectivity index (χ1n) is 10.1. The Bertz CT molecular complexity index is 1050. The zero-order valence-electron chi connectivity index (χ0n) is 16.5. The second-order valence-electron chi connectivity index (χ2n) is 7.54. The smallest absolute Gasteiger partial charge is 0.272 e. The lowest BCUT2D eigenvalue weighted by atomic mass is 10.0. The summed E-state index contributed by atoms with van der Waals surface area (Å²) in [4.78, 5) is 15.3. The molecule has 2 saturated heterocycles. The molecule has 0 radical (unpaired) electrons. The first-order valence-corrected chi connectivity index (χ1v) is 10.5. The van der Waals surface area contributed by atoms with E-state index in [0.29, 0.717) is 55.5 Å².